The van der Waals surface area contributed by atoms with Gasteiger partial charge in [0.15, 0.2) is 5.92 Å². The zero-order chi connectivity index (χ0) is 14.8. The van der Waals surface area contributed by atoms with E-state index in [-0.39, 0.29) is 6.01 Å². The van der Waals surface area contributed by atoms with E-state index in [9.17, 15) is 9.59 Å². The average Bonchev–Trinajstić information content (AvgIpc) is 2.37. The van der Waals surface area contributed by atoms with Gasteiger partial charge in [-0.15, -0.1) is 0 Å². The predicted molar refractivity (Wildman–Crippen MR) is 66.5 cm³/mol. The largest absolute Gasteiger partial charge is 0.467 e. The zero-order valence-corrected chi connectivity index (χ0v) is 11.2. The van der Waals surface area contributed by atoms with Crippen LogP contribution >= 0.6 is 0 Å². The van der Waals surface area contributed by atoms with E-state index in [1.54, 1.807) is 0 Å². The normalized spacial score (nSPS) is 18.8. The first-order chi connectivity index (χ1) is 9.41. The van der Waals surface area contributed by atoms with Crippen molar-refractivity contribution in [2.24, 2.45) is 10.9 Å². The number of aromatic nitrogens is 2. The van der Waals surface area contributed by atoms with Crippen molar-refractivity contribution in [2.75, 3.05) is 7.11 Å². The summed E-state index contributed by atoms with van der Waals surface area (Å²) in [5, 5.41) is 0. The van der Waals surface area contributed by atoms with Gasteiger partial charge in [0.25, 0.3) is 5.79 Å². The molecule has 0 spiro atoms. The third kappa shape index (κ3) is 3.08. The Kier molecular flexibility index (Phi) is 3.64. The molecule has 0 atom stereocenters. The highest BCUT2D eigenvalue weighted by Gasteiger charge is 2.42. The number of rotatable bonds is 3. The third-order valence-electron chi connectivity index (χ3n) is 2.37. The summed E-state index contributed by atoms with van der Waals surface area (Å²) in [6.07, 6.45) is 3.93. The molecule has 1 aliphatic rings. The Morgan fingerprint density at radius 1 is 1.25 bits per heavy atom. The van der Waals surface area contributed by atoms with Crippen LogP contribution in [0.25, 0.3) is 0 Å². The summed E-state index contributed by atoms with van der Waals surface area (Å²) < 4.78 is 14.7. The Balaban J connectivity index is 2.10. The van der Waals surface area contributed by atoms with Gasteiger partial charge in [-0.3, -0.25) is 14.6 Å². The molecule has 0 radical (unpaired) electrons. The molecular weight excluding hydrogens is 266 g/mol. The molecule has 0 unspecified atom stereocenters. The highest BCUT2D eigenvalue weighted by Crippen LogP contribution is 2.22. The first-order valence-corrected chi connectivity index (χ1v) is 5.77. The molecular formula is C12H13N3O5. The molecule has 0 saturated carbocycles. The molecule has 106 valence electrons. The lowest BCUT2D eigenvalue weighted by atomic mass is 10.1. The van der Waals surface area contributed by atoms with Gasteiger partial charge in [-0.2, -0.15) is 0 Å². The summed E-state index contributed by atoms with van der Waals surface area (Å²) in [6, 6.07) is 0.196. The standard InChI is InChI=1S/C12H13N3O5/c1-12(2)19-9(16)8(10(17)20-12)6-13-7-4-14-11(18-3)15-5-7/h4-6,8H,1-3H3. The number of cyclic esters (lactones) is 2. The van der Waals surface area contributed by atoms with E-state index in [1.165, 1.54) is 33.4 Å². The van der Waals surface area contributed by atoms with Gasteiger partial charge in [0.1, 0.15) is 0 Å². The fourth-order valence-electron chi connectivity index (χ4n) is 1.49. The molecule has 20 heavy (non-hydrogen) atoms. The zero-order valence-electron chi connectivity index (χ0n) is 11.2. The van der Waals surface area contributed by atoms with E-state index in [2.05, 4.69) is 15.0 Å². The monoisotopic (exact) mass is 279 g/mol. The third-order valence-corrected chi connectivity index (χ3v) is 2.37. The molecule has 2 heterocycles. The lowest BCUT2D eigenvalue weighted by Gasteiger charge is -2.31. The number of carbonyl (C=O) groups excluding carboxylic acids is 2. The van der Waals surface area contributed by atoms with Crippen LogP contribution in [0.5, 0.6) is 6.01 Å². The molecule has 8 heteroatoms. The lowest BCUT2D eigenvalue weighted by Crippen LogP contribution is -2.46. The summed E-state index contributed by atoms with van der Waals surface area (Å²) in [4.78, 5) is 35.0. The Morgan fingerprint density at radius 3 is 2.30 bits per heavy atom. The minimum absolute atomic E-state index is 0.196. The summed E-state index contributed by atoms with van der Waals surface area (Å²) in [5.74, 6) is -3.85. The first-order valence-electron chi connectivity index (χ1n) is 5.77. The fourth-order valence-corrected chi connectivity index (χ4v) is 1.49. The Labute approximate surface area is 114 Å². The van der Waals surface area contributed by atoms with E-state index >= 15 is 0 Å². The van der Waals surface area contributed by atoms with Gasteiger partial charge < -0.3 is 14.2 Å². The highest BCUT2D eigenvalue weighted by molar-refractivity contribution is 6.10. The molecule has 0 aromatic carbocycles. The molecule has 0 amide bonds. The number of carbonyl (C=O) groups is 2. The average molecular weight is 279 g/mol. The van der Waals surface area contributed by atoms with Gasteiger partial charge >= 0.3 is 17.9 Å². The minimum Gasteiger partial charge on any atom is -0.467 e. The van der Waals surface area contributed by atoms with Crippen molar-refractivity contribution in [3.63, 3.8) is 0 Å². The van der Waals surface area contributed by atoms with E-state index in [4.69, 9.17) is 14.2 Å². The Morgan fingerprint density at radius 2 is 1.80 bits per heavy atom. The van der Waals surface area contributed by atoms with Gasteiger partial charge in [0, 0.05) is 20.1 Å². The molecule has 0 N–H and O–H groups in total. The van der Waals surface area contributed by atoms with Crippen LogP contribution in [0.4, 0.5) is 5.69 Å². The van der Waals surface area contributed by atoms with Gasteiger partial charge in [-0.1, -0.05) is 0 Å². The second-order valence-electron chi connectivity index (χ2n) is 4.43. The van der Waals surface area contributed by atoms with Crippen LogP contribution in [0.15, 0.2) is 17.4 Å². The minimum atomic E-state index is -1.25. The molecule has 2 rings (SSSR count). The lowest BCUT2D eigenvalue weighted by molar-refractivity contribution is -0.235. The van der Waals surface area contributed by atoms with Crippen LogP contribution in [0, 0.1) is 5.92 Å². The molecule has 1 aromatic rings. The highest BCUT2D eigenvalue weighted by atomic mass is 16.7. The van der Waals surface area contributed by atoms with Crippen molar-refractivity contribution >= 4 is 23.8 Å². The SMILES string of the molecule is COc1ncc(N=CC2C(=O)OC(C)(C)OC2=O)cn1. The maximum Gasteiger partial charge on any atom is 0.329 e. The second kappa shape index (κ2) is 5.24. The topological polar surface area (TPSA) is 100.0 Å². The number of hydrogen-bond donors (Lipinski definition) is 0. The van der Waals surface area contributed by atoms with E-state index in [0.29, 0.717) is 5.69 Å². The number of aliphatic imine (C=N–C) groups is 1. The molecule has 8 nitrogen and oxygen atoms in total. The van der Waals surface area contributed by atoms with Crippen molar-refractivity contribution < 1.29 is 23.8 Å². The van der Waals surface area contributed by atoms with Crippen molar-refractivity contribution in [2.45, 2.75) is 19.6 Å². The quantitative estimate of drug-likeness (QED) is 0.454. The Bertz CT molecular complexity index is 533. The maximum absolute atomic E-state index is 11.7. The summed E-state index contributed by atoms with van der Waals surface area (Å²) in [5.41, 5.74) is 0.372. The summed E-state index contributed by atoms with van der Waals surface area (Å²) >= 11 is 0. The Hall–Kier alpha value is -2.51. The van der Waals surface area contributed by atoms with E-state index < -0.39 is 23.6 Å². The van der Waals surface area contributed by atoms with Crippen molar-refractivity contribution in [1.82, 2.24) is 9.97 Å². The van der Waals surface area contributed by atoms with Crippen LogP contribution in [0.1, 0.15) is 13.8 Å². The maximum atomic E-state index is 11.7. The number of esters is 2. The van der Waals surface area contributed by atoms with Gasteiger partial charge in [0.05, 0.1) is 25.2 Å². The smallest absolute Gasteiger partial charge is 0.329 e. The fraction of sp³-hybridized carbons (Fsp3) is 0.417. The van der Waals surface area contributed by atoms with Gasteiger partial charge in [-0.25, -0.2) is 9.97 Å². The summed E-state index contributed by atoms with van der Waals surface area (Å²) in [6.45, 7) is 2.96. The molecule has 1 aromatic heterocycles. The molecule has 1 aliphatic heterocycles. The van der Waals surface area contributed by atoms with Crippen LogP contribution in [-0.4, -0.2) is 41.0 Å². The number of hydrogen-bond acceptors (Lipinski definition) is 8. The molecule has 0 bridgehead atoms. The molecule has 1 fully saturated rings. The van der Waals surface area contributed by atoms with E-state index in [0.717, 1.165) is 6.21 Å². The van der Waals surface area contributed by atoms with Gasteiger partial charge in [-0.05, 0) is 0 Å². The second-order valence-corrected chi connectivity index (χ2v) is 4.43. The number of nitrogens with zero attached hydrogens (tertiary/aromatic N) is 3. The number of methoxy groups -OCH3 is 1. The van der Waals surface area contributed by atoms with Crippen LogP contribution in [-0.2, 0) is 19.1 Å². The van der Waals surface area contributed by atoms with Crippen molar-refractivity contribution in [3.8, 4) is 6.01 Å². The van der Waals surface area contributed by atoms with Gasteiger partial charge in [0.2, 0.25) is 0 Å². The van der Waals surface area contributed by atoms with Crippen LogP contribution < -0.4 is 4.74 Å². The summed E-state index contributed by atoms with van der Waals surface area (Å²) in [7, 11) is 1.44. The van der Waals surface area contributed by atoms with Crippen LogP contribution in [0.3, 0.4) is 0 Å². The molecule has 1 saturated heterocycles. The van der Waals surface area contributed by atoms with Crippen LogP contribution in [0.2, 0.25) is 0 Å². The number of ether oxygens (including phenoxy) is 3. The van der Waals surface area contributed by atoms with Crippen molar-refractivity contribution in [1.29, 1.82) is 0 Å². The van der Waals surface area contributed by atoms with Crippen molar-refractivity contribution in [3.05, 3.63) is 12.4 Å². The molecule has 0 aliphatic carbocycles. The predicted octanol–water partition coefficient (Wildman–Crippen LogP) is 0.640. The van der Waals surface area contributed by atoms with E-state index in [1.807, 2.05) is 0 Å². The first kappa shape index (κ1) is 13.9.